The van der Waals surface area contributed by atoms with Gasteiger partial charge in [0.25, 0.3) is 0 Å². The van der Waals surface area contributed by atoms with E-state index >= 15 is 0 Å². The summed E-state index contributed by atoms with van der Waals surface area (Å²) in [6.07, 6.45) is 5.72. The zero-order valence-corrected chi connectivity index (χ0v) is 15.4. The number of fused-ring (bicyclic) bond motifs is 1. The van der Waals surface area contributed by atoms with Gasteiger partial charge >= 0.3 is 0 Å². The highest BCUT2D eigenvalue weighted by molar-refractivity contribution is 5.80. The smallest absolute Gasteiger partial charge is 0.242 e. The molecule has 1 aromatic carbocycles. The first kappa shape index (κ1) is 17.3. The van der Waals surface area contributed by atoms with Crippen molar-refractivity contribution in [1.29, 1.82) is 0 Å². The number of rotatable bonds is 5. The van der Waals surface area contributed by atoms with E-state index in [2.05, 4.69) is 15.0 Å². The van der Waals surface area contributed by atoms with Crippen molar-refractivity contribution >= 4 is 22.8 Å². The van der Waals surface area contributed by atoms with Crippen molar-refractivity contribution in [3.05, 3.63) is 43.0 Å². The van der Waals surface area contributed by atoms with Crippen LogP contribution in [-0.2, 0) is 11.3 Å². The number of hydrogen-bond donors (Lipinski definition) is 0. The number of ether oxygens (including phenoxy) is 1. The second kappa shape index (κ2) is 7.22. The van der Waals surface area contributed by atoms with Gasteiger partial charge in [-0.1, -0.05) is 12.1 Å². The van der Waals surface area contributed by atoms with Crippen molar-refractivity contribution < 1.29 is 9.53 Å². The Labute approximate surface area is 157 Å². The van der Waals surface area contributed by atoms with E-state index in [-0.39, 0.29) is 18.6 Å². The Morgan fingerprint density at radius 1 is 1.30 bits per heavy atom. The lowest BCUT2D eigenvalue weighted by Crippen LogP contribution is -2.33. The number of anilines is 1. The normalized spacial score (nSPS) is 16.7. The molecule has 8 heteroatoms. The number of benzene rings is 1. The summed E-state index contributed by atoms with van der Waals surface area (Å²) in [5.74, 6) is 1.30. The van der Waals surface area contributed by atoms with E-state index in [1.54, 1.807) is 18.7 Å². The minimum absolute atomic E-state index is 0.0670. The molecule has 0 spiro atoms. The molecule has 27 heavy (non-hydrogen) atoms. The van der Waals surface area contributed by atoms with Crippen molar-refractivity contribution in [2.45, 2.75) is 19.1 Å². The van der Waals surface area contributed by atoms with E-state index in [0.29, 0.717) is 19.0 Å². The van der Waals surface area contributed by atoms with Crippen LogP contribution in [-0.4, -0.2) is 63.6 Å². The number of para-hydroxylation sites is 2. The fourth-order valence-corrected chi connectivity index (χ4v) is 3.21. The van der Waals surface area contributed by atoms with Crippen LogP contribution in [0.3, 0.4) is 0 Å². The van der Waals surface area contributed by atoms with Crippen LogP contribution in [0.4, 0.5) is 5.82 Å². The van der Waals surface area contributed by atoms with Crippen LogP contribution in [0.25, 0.3) is 11.0 Å². The molecular weight excluding hydrogens is 344 g/mol. The highest BCUT2D eigenvalue weighted by Gasteiger charge is 2.28. The van der Waals surface area contributed by atoms with E-state index in [9.17, 15) is 4.79 Å². The molecule has 0 radical (unpaired) electrons. The fourth-order valence-electron chi connectivity index (χ4n) is 3.21. The Balaban J connectivity index is 1.37. The zero-order valence-electron chi connectivity index (χ0n) is 15.4. The Morgan fingerprint density at radius 3 is 3.00 bits per heavy atom. The van der Waals surface area contributed by atoms with Gasteiger partial charge in [-0.3, -0.25) is 9.78 Å². The standard InChI is InChI=1S/C19H22N6O2/c1-23(2)17-9-20-10-18(22-17)27-14-7-8-24(11-14)19(26)12-25-13-21-15-5-3-4-6-16(15)25/h3-6,9-10,13-14H,7-8,11-12H2,1-2H3. The first-order valence-corrected chi connectivity index (χ1v) is 8.94. The maximum absolute atomic E-state index is 12.7. The molecule has 1 saturated heterocycles. The molecular formula is C19H22N6O2. The van der Waals surface area contributed by atoms with Gasteiger partial charge in [0, 0.05) is 27.1 Å². The Morgan fingerprint density at radius 2 is 2.15 bits per heavy atom. The lowest BCUT2D eigenvalue weighted by atomic mass is 10.3. The summed E-state index contributed by atoms with van der Waals surface area (Å²) in [4.78, 5) is 29.3. The number of nitrogens with zero attached hydrogens (tertiary/aromatic N) is 6. The van der Waals surface area contributed by atoms with Gasteiger partial charge in [-0.15, -0.1) is 0 Å². The molecule has 140 valence electrons. The van der Waals surface area contributed by atoms with Gasteiger partial charge in [0.2, 0.25) is 11.8 Å². The molecule has 1 aliphatic rings. The quantitative estimate of drug-likeness (QED) is 0.682. The molecule has 1 amide bonds. The fraction of sp³-hybridized carbons (Fsp3) is 0.368. The summed E-state index contributed by atoms with van der Waals surface area (Å²) in [7, 11) is 3.81. The summed E-state index contributed by atoms with van der Waals surface area (Å²) >= 11 is 0. The first-order chi connectivity index (χ1) is 13.1. The SMILES string of the molecule is CN(C)c1cncc(OC2CCN(C(=O)Cn3cnc4ccccc43)C2)n1. The van der Waals surface area contributed by atoms with Crippen molar-refractivity contribution in [2.24, 2.45) is 0 Å². The van der Waals surface area contributed by atoms with Crippen LogP contribution < -0.4 is 9.64 Å². The Kier molecular flexibility index (Phi) is 4.62. The number of amides is 1. The average Bonchev–Trinajstić information content (AvgIpc) is 3.29. The third-order valence-electron chi connectivity index (χ3n) is 4.68. The van der Waals surface area contributed by atoms with E-state index in [4.69, 9.17) is 4.74 Å². The minimum Gasteiger partial charge on any atom is -0.471 e. The van der Waals surface area contributed by atoms with Gasteiger partial charge in [-0.2, -0.15) is 4.98 Å². The van der Waals surface area contributed by atoms with Crippen molar-refractivity contribution in [2.75, 3.05) is 32.1 Å². The Hall–Kier alpha value is -3.16. The third-order valence-corrected chi connectivity index (χ3v) is 4.68. The number of aromatic nitrogens is 4. The largest absolute Gasteiger partial charge is 0.471 e. The van der Waals surface area contributed by atoms with E-state index in [0.717, 1.165) is 23.3 Å². The third kappa shape index (κ3) is 3.69. The van der Waals surface area contributed by atoms with Crippen LogP contribution in [0.15, 0.2) is 43.0 Å². The van der Waals surface area contributed by atoms with Gasteiger partial charge in [0.15, 0.2) is 5.82 Å². The molecule has 8 nitrogen and oxygen atoms in total. The number of carbonyl (C=O) groups excluding carboxylic acids is 1. The molecule has 3 heterocycles. The van der Waals surface area contributed by atoms with Gasteiger partial charge in [0.05, 0.1) is 36.3 Å². The second-order valence-corrected chi connectivity index (χ2v) is 6.84. The predicted octanol–water partition coefficient (Wildman–Crippen LogP) is 1.57. The van der Waals surface area contributed by atoms with E-state index < -0.39 is 0 Å². The molecule has 0 bridgehead atoms. The summed E-state index contributed by atoms with van der Waals surface area (Å²) in [6, 6.07) is 7.81. The molecule has 4 rings (SSSR count). The number of imidazole rings is 1. The van der Waals surface area contributed by atoms with E-state index in [1.165, 1.54) is 0 Å². The summed E-state index contributed by atoms with van der Waals surface area (Å²) in [5.41, 5.74) is 1.86. The zero-order chi connectivity index (χ0) is 18.8. The van der Waals surface area contributed by atoms with Gasteiger partial charge in [0.1, 0.15) is 12.6 Å². The lowest BCUT2D eigenvalue weighted by molar-refractivity contribution is -0.131. The molecule has 0 aliphatic carbocycles. The summed E-state index contributed by atoms with van der Waals surface area (Å²) in [5, 5.41) is 0. The van der Waals surface area contributed by atoms with Gasteiger partial charge in [-0.25, -0.2) is 4.98 Å². The first-order valence-electron chi connectivity index (χ1n) is 8.94. The second-order valence-electron chi connectivity index (χ2n) is 6.84. The maximum Gasteiger partial charge on any atom is 0.242 e. The van der Waals surface area contributed by atoms with Crippen molar-refractivity contribution in [3.8, 4) is 5.88 Å². The predicted molar refractivity (Wildman–Crippen MR) is 102 cm³/mol. The highest BCUT2D eigenvalue weighted by Crippen LogP contribution is 2.19. The number of hydrogen-bond acceptors (Lipinski definition) is 6. The van der Waals surface area contributed by atoms with Gasteiger partial charge in [-0.05, 0) is 12.1 Å². The van der Waals surface area contributed by atoms with Crippen molar-refractivity contribution in [1.82, 2.24) is 24.4 Å². The highest BCUT2D eigenvalue weighted by atomic mass is 16.5. The molecule has 1 unspecified atom stereocenters. The van der Waals surface area contributed by atoms with Crippen LogP contribution in [0, 0.1) is 0 Å². The topological polar surface area (TPSA) is 76.4 Å². The monoisotopic (exact) mass is 366 g/mol. The summed E-state index contributed by atoms with van der Waals surface area (Å²) in [6.45, 7) is 1.51. The van der Waals surface area contributed by atoms with E-state index in [1.807, 2.05) is 52.7 Å². The molecule has 1 fully saturated rings. The van der Waals surface area contributed by atoms with Crippen LogP contribution in [0.2, 0.25) is 0 Å². The Bertz CT molecular complexity index is 954. The molecule has 1 aliphatic heterocycles. The molecule has 1 atom stereocenters. The molecule has 3 aromatic rings. The maximum atomic E-state index is 12.7. The molecule has 0 saturated carbocycles. The van der Waals surface area contributed by atoms with Gasteiger partial charge < -0.3 is 19.1 Å². The number of likely N-dealkylation sites (tertiary alicyclic amines) is 1. The van der Waals surface area contributed by atoms with Crippen molar-refractivity contribution in [3.63, 3.8) is 0 Å². The molecule has 2 aromatic heterocycles. The number of carbonyl (C=O) groups is 1. The van der Waals surface area contributed by atoms with Crippen LogP contribution in [0.5, 0.6) is 5.88 Å². The summed E-state index contributed by atoms with van der Waals surface area (Å²) < 4.78 is 7.83. The van der Waals surface area contributed by atoms with Crippen LogP contribution >= 0.6 is 0 Å². The minimum atomic E-state index is -0.0693. The average molecular weight is 366 g/mol. The molecule has 0 N–H and O–H groups in total. The van der Waals surface area contributed by atoms with Crippen LogP contribution in [0.1, 0.15) is 6.42 Å². The lowest BCUT2D eigenvalue weighted by Gasteiger charge is -2.18.